The molecule has 2 aromatic carbocycles. The van der Waals surface area contributed by atoms with Gasteiger partial charge in [-0.3, -0.25) is 9.59 Å². The van der Waals surface area contributed by atoms with E-state index < -0.39 is 15.9 Å². The summed E-state index contributed by atoms with van der Waals surface area (Å²) in [5.74, 6) is 0.149. The maximum absolute atomic E-state index is 12.6. The summed E-state index contributed by atoms with van der Waals surface area (Å²) in [6.45, 7) is 0.835. The molecular formula is C21H24ClN3O6S. The molecule has 0 spiro atoms. The van der Waals surface area contributed by atoms with Crippen LogP contribution in [0.3, 0.4) is 0 Å². The molecule has 0 saturated carbocycles. The minimum atomic E-state index is -3.84. The molecule has 172 valence electrons. The van der Waals surface area contributed by atoms with E-state index in [9.17, 15) is 18.0 Å². The topological polar surface area (TPSA) is 114 Å². The minimum Gasteiger partial charge on any atom is -0.490 e. The summed E-state index contributed by atoms with van der Waals surface area (Å²) in [5, 5.41) is 2.91. The molecule has 0 fully saturated rings. The first-order valence-electron chi connectivity index (χ1n) is 9.88. The summed E-state index contributed by atoms with van der Waals surface area (Å²) >= 11 is 6.06. The van der Waals surface area contributed by atoms with Crippen LogP contribution in [-0.4, -0.2) is 59.0 Å². The Kier molecular flexibility index (Phi) is 7.60. The molecule has 0 aromatic heterocycles. The number of anilines is 1. The maximum atomic E-state index is 12.6. The molecule has 0 bridgehead atoms. The van der Waals surface area contributed by atoms with E-state index >= 15 is 0 Å². The average molecular weight is 482 g/mol. The molecular weight excluding hydrogens is 458 g/mol. The van der Waals surface area contributed by atoms with Gasteiger partial charge in [-0.1, -0.05) is 11.6 Å². The van der Waals surface area contributed by atoms with Gasteiger partial charge in [0.05, 0.1) is 28.7 Å². The molecule has 0 aliphatic carbocycles. The Morgan fingerprint density at radius 3 is 2.50 bits per heavy atom. The largest absolute Gasteiger partial charge is 0.490 e. The maximum Gasteiger partial charge on any atom is 0.254 e. The number of carbonyl (C=O) groups excluding carboxylic acids is 2. The molecule has 2 aromatic rings. The minimum absolute atomic E-state index is 0.0201. The predicted molar refractivity (Wildman–Crippen MR) is 120 cm³/mol. The highest BCUT2D eigenvalue weighted by Crippen LogP contribution is 2.31. The van der Waals surface area contributed by atoms with Crippen molar-refractivity contribution in [2.75, 3.05) is 39.2 Å². The molecule has 9 nitrogen and oxygen atoms in total. The van der Waals surface area contributed by atoms with Crippen molar-refractivity contribution in [1.82, 2.24) is 9.62 Å². The van der Waals surface area contributed by atoms with E-state index in [-0.39, 0.29) is 34.4 Å². The lowest BCUT2D eigenvalue weighted by atomic mass is 10.1. The molecule has 0 atom stereocenters. The fourth-order valence-corrected chi connectivity index (χ4v) is 4.17. The SMILES string of the molecule is CN(C)C(=O)c1cc(NC(=O)CCNS(=O)(=O)c2ccc3c(c2)OCCCO3)ccc1Cl. The number of ether oxygens (including phenoxy) is 2. The number of amides is 2. The molecule has 32 heavy (non-hydrogen) atoms. The number of hydrogen-bond acceptors (Lipinski definition) is 6. The third-order valence-corrected chi connectivity index (χ3v) is 6.35. The standard InChI is InChI=1S/C21H24ClN3O6S/c1-25(2)21(27)16-12-14(4-6-17(16)22)24-20(26)8-9-23-32(28,29)15-5-7-18-19(13-15)31-11-3-10-30-18/h4-7,12-13,23H,3,8-11H2,1-2H3,(H,24,26). The van der Waals surface area contributed by atoms with Crippen molar-refractivity contribution in [3.05, 3.63) is 47.0 Å². The fourth-order valence-electron chi connectivity index (χ4n) is 2.92. The van der Waals surface area contributed by atoms with Crippen molar-refractivity contribution in [1.29, 1.82) is 0 Å². The van der Waals surface area contributed by atoms with Crippen LogP contribution in [0.25, 0.3) is 0 Å². The van der Waals surface area contributed by atoms with Crippen LogP contribution in [0.4, 0.5) is 5.69 Å². The van der Waals surface area contributed by atoms with E-state index in [4.69, 9.17) is 21.1 Å². The first-order chi connectivity index (χ1) is 15.2. The van der Waals surface area contributed by atoms with E-state index in [0.29, 0.717) is 36.8 Å². The zero-order valence-corrected chi connectivity index (χ0v) is 19.3. The second-order valence-electron chi connectivity index (χ2n) is 7.25. The van der Waals surface area contributed by atoms with Crippen LogP contribution in [0, 0.1) is 0 Å². The first-order valence-corrected chi connectivity index (χ1v) is 11.7. The molecule has 1 aliphatic rings. The van der Waals surface area contributed by atoms with Gasteiger partial charge in [-0.25, -0.2) is 13.1 Å². The monoisotopic (exact) mass is 481 g/mol. The third-order valence-electron chi connectivity index (χ3n) is 4.56. The second kappa shape index (κ2) is 10.2. The normalized spacial score (nSPS) is 13.2. The smallest absolute Gasteiger partial charge is 0.254 e. The number of nitrogens with zero attached hydrogens (tertiary/aromatic N) is 1. The second-order valence-corrected chi connectivity index (χ2v) is 9.42. The quantitative estimate of drug-likeness (QED) is 0.628. The van der Waals surface area contributed by atoms with E-state index in [1.54, 1.807) is 26.2 Å². The number of nitrogens with one attached hydrogen (secondary N) is 2. The van der Waals surface area contributed by atoms with Crippen LogP contribution in [0.2, 0.25) is 5.02 Å². The Labute approximate surface area is 191 Å². The van der Waals surface area contributed by atoms with E-state index in [1.807, 2.05) is 0 Å². The van der Waals surface area contributed by atoms with Crippen molar-refractivity contribution in [3.8, 4) is 11.5 Å². The Bertz CT molecular complexity index is 1120. The summed E-state index contributed by atoms with van der Waals surface area (Å²) in [5.41, 5.74) is 0.639. The van der Waals surface area contributed by atoms with Gasteiger partial charge in [0.15, 0.2) is 11.5 Å². The Morgan fingerprint density at radius 2 is 1.78 bits per heavy atom. The highest BCUT2D eigenvalue weighted by atomic mass is 35.5. The van der Waals surface area contributed by atoms with Gasteiger partial charge < -0.3 is 19.7 Å². The lowest BCUT2D eigenvalue weighted by Gasteiger charge is -2.13. The van der Waals surface area contributed by atoms with Crippen LogP contribution in [-0.2, 0) is 14.8 Å². The van der Waals surface area contributed by atoms with Crippen molar-refractivity contribution >= 4 is 39.1 Å². The van der Waals surface area contributed by atoms with Crippen molar-refractivity contribution < 1.29 is 27.5 Å². The Morgan fingerprint density at radius 1 is 1.06 bits per heavy atom. The number of halogens is 1. The molecule has 0 radical (unpaired) electrons. The molecule has 0 unspecified atom stereocenters. The highest BCUT2D eigenvalue weighted by molar-refractivity contribution is 7.89. The summed E-state index contributed by atoms with van der Waals surface area (Å²) in [6, 6.07) is 8.93. The molecule has 1 heterocycles. The number of carbonyl (C=O) groups is 2. The van der Waals surface area contributed by atoms with Crippen LogP contribution < -0.4 is 19.5 Å². The molecule has 1 aliphatic heterocycles. The average Bonchev–Trinajstić information content (AvgIpc) is 2.99. The number of sulfonamides is 1. The molecule has 0 saturated heterocycles. The van der Waals surface area contributed by atoms with Gasteiger partial charge in [0.25, 0.3) is 5.91 Å². The highest BCUT2D eigenvalue weighted by Gasteiger charge is 2.19. The fraction of sp³-hybridized carbons (Fsp3) is 0.333. The Hall–Kier alpha value is -2.82. The van der Waals surface area contributed by atoms with E-state index in [1.165, 1.54) is 29.2 Å². The van der Waals surface area contributed by atoms with Gasteiger partial charge in [-0.05, 0) is 30.3 Å². The summed E-state index contributed by atoms with van der Waals surface area (Å²) in [7, 11) is -0.647. The first kappa shape index (κ1) is 23.8. The van der Waals surface area contributed by atoms with Crippen LogP contribution in [0.1, 0.15) is 23.2 Å². The van der Waals surface area contributed by atoms with Gasteiger partial charge >= 0.3 is 0 Å². The molecule has 2 N–H and O–H groups in total. The third kappa shape index (κ3) is 5.90. The van der Waals surface area contributed by atoms with Gasteiger partial charge in [0.1, 0.15) is 0 Å². The summed E-state index contributed by atoms with van der Waals surface area (Å²) in [6.07, 6.45) is 0.603. The van der Waals surface area contributed by atoms with Crippen LogP contribution >= 0.6 is 11.6 Å². The number of benzene rings is 2. The Balaban J connectivity index is 1.58. The molecule has 2 amide bonds. The van der Waals surface area contributed by atoms with Gasteiger partial charge in [-0.2, -0.15) is 0 Å². The lowest BCUT2D eigenvalue weighted by molar-refractivity contribution is -0.116. The summed E-state index contributed by atoms with van der Waals surface area (Å²) < 4.78 is 38.6. The molecule has 11 heteroatoms. The zero-order chi connectivity index (χ0) is 23.3. The van der Waals surface area contributed by atoms with Crippen molar-refractivity contribution in [2.45, 2.75) is 17.7 Å². The number of rotatable bonds is 7. The van der Waals surface area contributed by atoms with E-state index in [2.05, 4.69) is 10.0 Å². The van der Waals surface area contributed by atoms with Gasteiger partial charge in [0.2, 0.25) is 15.9 Å². The number of fused-ring (bicyclic) bond motifs is 1. The molecule has 3 rings (SSSR count). The van der Waals surface area contributed by atoms with Crippen LogP contribution in [0.5, 0.6) is 11.5 Å². The summed E-state index contributed by atoms with van der Waals surface area (Å²) in [4.78, 5) is 25.8. The number of hydrogen-bond donors (Lipinski definition) is 2. The van der Waals surface area contributed by atoms with Crippen molar-refractivity contribution in [3.63, 3.8) is 0 Å². The van der Waals surface area contributed by atoms with Gasteiger partial charge in [-0.15, -0.1) is 0 Å². The zero-order valence-electron chi connectivity index (χ0n) is 17.7. The lowest BCUT2D eigenvalue weighted by Crippen LogP contribution is -2.28. The van der Waals surface area contributed by atoms with Gasteiger partial charge in [0, 0.05) is 45.2 Å². The van der Waals surface area contributed by atoms with Crippen molar-refractivity contribution in [2.24, 2.45) is 0 Å². The predicted octanol–water partition coefficient (Wildman–Crippen LogP) is 2.51. The van der Waals surface area contributed by atoms with Crippen LogP contribution in [0.15, 0.2) is 41.3 Å². The van der Waals surface area contributed by atoms with E-state index in [0.717, 1.165) is 0 Å².